The summed E-state index contributed by atoms with van der Waals surface area (Å²) in [7, 11) is 0. The Bertz CT molecular complexity index is 363. The lowest BCUT2D eigenvalue weighted by atomic mass is 9.99. The van der Waals surface area contributed by atoms with Crippen LogP contribution in [0.3, 0.4) is 0 Å². The lowest BCUT2D eigenvalue weighted by molar-refractivity contribution is -0.280. The molecule has 20 heavy (non-hydrogen) atoms. The second-order valence-electron chi connectivity index (χ2n) is 3.85. The summed E-state index contributed by atoms with van der Waals surface area (Å²) in [5.74, 6) is -3.00. The van der Waals surface area contributed by atoms with E-state index in [4.69, 9.17) is 20.1 Å². The molecule has 0 unspecified atom stereocenters. The van der Waals surface area contributed by atoms with Crippen LogP contribution in [0.4, 0.5) is 0 Å². The zero-order chi connectivity index (χ0) is 16.0. The first-order chi connectivity index (χ1) is 9.07. The molecule has 1 aliphatic heterocycles. The smallest absolute Gasteiger partial charge is 0.345 e. The zero-order valence-electron chi connectivity index (χ0n) is 10.7. The molecular weight excluding hydrogens is 280 g/mol. The van der Waals surface area contributed by atoms with Crippen LogP contribution >= 0.6 is 0 Å². The highest BCUT2D eigenvalue weighted by molar-refractivity contribution is 5.87. The zero-order valence-corrected chi connectivity index (χ0v) is 10.7. The van der Waals surface area contributed by atoms with Crippen LogP contribution in [-0.4, -0.2) is 74.1 Å². The van der Waals surface area contributed by atoms with Crippen LogP contribution in [0.15, 0.2) is 0 Å². The molecule has 0 aromatic heterocycles. The summed E-state index contributed by atoms with van der Waals surface area (Å²) in [5.41, 5.74) is 0. The van der Waals surface area contributed by atoms with Gasteiger partial charge in [0, 0.05) is 13.8 Å². The Morgan fingerprint density at radius 3 is 1.80 bits per heavy atom. The highest BCUT2D eigenvalue weighted by Gasteiger charge is 2.47. The molecule has 1 rings (SSSR count). The summed E-state index contributed by atoms with van der Waals surface area (Å²) in [4.78, 5) is 30.7. The normalized spacial score (nSPS) is 32.6. The van der Waals surface area contributed by atoms with Gasteiger partial charge in [-0.3, -0.25) is 9.59 Å². The van der Waals surface area contributed by atoms with Crippen LogP contribution < -0.4 is 0 Å². The van der Waals surface area contributed by atoms with Crippen molar-refractivity contribution in [2.24, 2.45) is 0 Å². The third-order valence-electron chi connectivity index (χ3n) is 2.06. The van der Waals surface area contributed by atoms with Crippen molar-refractivity contribution in [2.45, 2.75) is 44.6 Å². The number of aliphatic hydroxyl groups excluding tert-OH is 4. The lowest BCUT2D eigenvalue weighted by Crippen LogP contribution is -2.60. The van der Waals surface area contributed by atoms with Crippen molar-refractivity contribution in [3.8, 4) is 0 Å². The fourth-order valence-electron chi connectivity index (χ4n) is 1.26. The maximum atomic E-state index is 11.2. The molecule has 0 saturated carbocycles. The van der Waals surface area contributed by atoms with Gasteiger partial charge in [-0.15, -0.1) is 0 Å². The van der Waals surface area contributed by atoms with E-state index in [9.17, 15) is 19.8 Å². The Balaban J connectivity index is 0.000000796. The van der Waals surface area contributed by atoms with E-state index in [1.54, 1.807) is 0 Å². The Kier molecular flexibility index (Phi) is 7.24. The van der Waals surface area contributed by atoms with Crippen LogP contribution in [0.25, 0.3) is 0 Å². The van der Waals surface area contributed by atoms with Gasteiger partial charge in [0.2, 0.25) is 0 Å². The fraction of sp³-hybridized carbons (Fsp3) is 0.700. The van der Waals surface area contributed by atoms with E-state index in [1.807, 2.05) is 0 Å². The summed E-state index contributed by atoms with van der Waals surface area (Å²) in [6, 6.07) is 0. The van der Waals surface area contributed by atoms with Gasteiger partial charge in [-0.05, 0) is 0 Å². The van der Waals surface area contributed by atoms with Crippen LogP contribution in [0.2, 0.25) is 0 Å². The molecule has 116 valence electrons. The number of hydrogen-bond acceptors (Lipinski definition) is 9. The molecule has 5 atom stereocenters. The van der Waals surface area contributed by atoms with Crippen molar-refractivity contribution >= 4 is 17.9 Å². The van der Waals surface area contributed by atoms with Gasteiger partial charge < -0.3 is 35.0 Å². The Morgan fingerprint density at radius 1 is 0.950 bits per heavy atom. The predicted octanol–water partition coefficient (Wildman–Crippen LogP) is -3.03. The molecule has 0 bridgehead atoms. The molecule has 0 aromatic carbocycles. The largest absolute Gasteiger partial charge is 0.481 e. The van der Waals surface area contributed by atoms with Crippen LogP contribution in [0.5, 0.6) is 0 Å². The van der Waals surface area contributed by atoms with Crippen LogP contribution in [-0.2, 0) is 23.9 Å². The average molecular weight is 296 g/mol. The van der Waals surface area contributed by atoms with Crippen molar-refractivity contribution in [3.63, 3.8) is 0 Å². The number of ether oxygens (including phenoxy) is 2. The van der Waals surface area contributed by atoms with E-state index in [0.717, 1.165) is 13.8 Å². The summed E-state index contributed by atoms with van der Waals surface area (Å²) in [5, 5.41) is 44.2. The van der Waals surface area contributed by atoms with Gasteiger partial charge in [-0.25, -0.2) is 4.79 Å². The first-order valence-corrected chi connectivity index (χ1v) is 5.37. The summed E-state index contributed by atoms with van der Waals surface area (Å²) < 4.78 is 8.64. The second kappa shape index (κ2) is 7.87. The third kappa shape index (κ3) is 5.59. The van der Waals surface area contributed by atoms with Gasteiger partial charge in [-0.1, -0.05) is 0 Å². The van der Waals surface area contributed by atoms with Crippen LogP contribution in [0, 0.1) is 0 Å². The van der Waals surface area contributed by atoms with Gasteiger partial charge >= 0.3 is 11.9 Å². The molecule has 0 aromatic rings. The van der Waals surface area contributed by atoms with Crippen molar-refractivity contribution in [1.82, 2.24) is 0 Å². The van der Waals surface area contributed by atoms with Crippen molar-refractivity contribution in [2.75, 3.05) is 0 Å². The molecule has 0 aliphatic carbocycles. The number of aliphatic hydroxyl groups is 4. The van der Waals surface area contributed by atoms with Crippen LogP contribution in [0.1, 0.15) is 13.8 Å². The predicted molar refractivity (Wildman–Crippen MR) is 59.0 cm³/mol. The Morgan fingerprint density at radius 2 is 1.40 bits per heavy atom. The van der Waals surface area contributed by atoms with E-state index >= 15 is 0 Å². The minimum atomic E-state index is -1.84. The first kappa shape index (κ1) is 18.4. The van der Waals surface area contributed by atoms with Gasteiger partial charge in [0.25, 0.3) is 5.97 Å². The number of hydrogen-bond donors (Lipinski definition) is 5. The standard InChI is InChI=1S/C8H12O8.C2H4O2/c1-2(9)15-8(14)6-4(11)3(10)5(12)7(13)16-6;1-2(3)4/h3-7,10-13H,1H3;1H3,(H,3,4)/t3-,4-,5+,6-,7+;/m0./s1. The van der Waals surface area contributed by atoms with Crippen molar-refractivity contribution in [1.29, 1.82) is 0 Å². The first-order valence-electron chi connectivity index (χ1n) is 5.37. The maximum absolute atomic E-state index is 11.2. The fourth-order valence-corrected chi connectivity index (χ4v) is 1.26. The van der Waals surface area contributed by atoms with Crippen molar-refractivity contribution < 1.29 is 49.4 Å². The minimum absolute atomic E-state index is 0.833. The van der Waals surface area contributed by atoms with Gasteiger partial charge in [-0.2, -0.15) is 0 Å². The second-order valence-corrected chi connectivity index (χ2v) is 3.85. The molecular formula is C10H16O10. The number of carbonyl (C=O) groups excluding carboxylic acids is 2. The quantitative estimate of drug-likeness (QED) is 0.247. The summed E-state index contributed by atoms with van der Waals surface area (Å²) in [6.07, 6.45) is -8.87. The van der Waals surface area contributed by atoms with Gasteiger partial charge in [0.05, 0.1) is 0 Å². The molecule has 1 saturated heterocycles. The minimum Gasteiger partial charge on any atom is -0.481 e. The maximum Gasteiger partial charge on any atom is 0.345 e. The van der Waals surface area contributed by atoms with Crippen molar-refractivity contribution in [3.05, 3.63) is 0 Å². The van der Waals surface area contributed by atoms with E-state index < -0.39 is 48.6 Å². The molecule has 1 aliphatic rings. The number of carboxylic acids is 1. The molecule has 10 heteroatoms. The molecule has 0 radical (unpaired) electrons. The highest BCUT2D eigenvalue weighted by Crippen LogP contribution is 2.20. The highest BCUT2D eigenvalue weighted by atomic mass is 16.7. The number of rotatable bonds is 1. The van der Waals surface area contributed by atoms with E-state index in [2.05, 4.69) is 9.47 Å². The number of aliphatic carboxylic acids is 1. The van der Waals surface area contributed by atoms with E-state index in [-0.39, 0.29) is 0 Å². The summed E-state index contributed by atoms with van der Waals surface area (Å²) in [6.45, 7) is 2.05. The third-order valence-corrected chi connectivity index (χ3v) is 2.06. The average Bonchev–Trinajstić information content (AvgIpc) is 2.29. The lowest BCUT2D eigenvalue weighted by Gasteiger charge is -2.36. The molecule has 0 spiro atoms. The number of carboxylic acid groups (broad SMARTS) is 1. The van der Waals surface area contributed by atoms with E-state index in [1.165, 1.54) is 0 Å². The van der Waals surface area contributed by atoms with Gasteiger partial charge in [0.15, 0.2) is 12.4 Å². The molecule has 1 fully saturated rings. The SMILES string of the molecule is CC(=O)O.CC(=O)OC(=O)[C@H]1O[C@@H](O)[C@H](O)[C@@H](O)[C@@H]1O. The number of carbonyl (C=O) groups is 3. The Hall–Kier alpha value is -1.59. The Labute approximate surface area is 113 Å². The van der Waals surface area contributed by atoms with E-state index in [0.29, 0.717) is 0 Å². The number of esters is 2. The van der Waals surface area contributed by atoms with Gasteiger partial charge in [0.1, 0.15) is 18.3 Å². The monoisotopic (exact) mass is 296 g/mol. The topological polar surface area (TPSA) is 171 Å². The molecule has 10 nitrogen and oxygen atoms in total. The molecule has 1 heterocycles. The molecule has 0 amide bonds. The summed E-state index contributed by atoms with van der Waals surface area (Å²) >= 11 is 0. The molecule has 5 N–H and O–H groups in total.